The van der Waals surface area contributed by atoms with Crippen molar-refractivity contribution in [1.82, 2.24) is 4.98 Å². The van der Waals surface area contributed by atoms with Crippen LogP contribution < -0.4 is 0 Å². The zero-order chi connectivity index (χ0) is 8.55. The van der Waals surface area contributed by atoms with Gasteiger partial charge < -0.3 is 0 Å². The van der Waals surface area contributed by atoms with Gasteiger partial charge in [0, 0.05) is 22.7 Å². The molecule has 2 aromatic rings. The summed E-state index contributed by atoms with van der Waals surface area (Å²) < 4.78 is 12.6. The Balaban J connectivity index is 2.80. The topological polar surface area (TPSA) is 12.9 Å². The Morgan fingerprint density at radius 1 is 1.17 bits per heavy atom. The molecule has 2 rings (SSSR count). The van der Waals surface area contributed by atoms with E-state index >= 15 is 0 Å². The van der Waals surface area contributed by atoms with Crippen LogP contribution in [0.4, 0.5) is 4.39 Å². The van der Waals surface area contributed by atoms with Crippen molar-refractivity contribution in [2.75, 3.05) is 0 Å². The van der Waals surface area contributed by atoms with Crippen molar-refractivity contribution in [2.45, 2.75) is 0 Å². The van der Waals surface area contributed by atoms with Gasteiger partial charge in [0.15, 0.2) is 0 Å². The molecule has 60 valence electrons. The molecule has 1 aromatic heterocycles. The zero-order valence-electron chi connectivity index (χ0n) is 6.09. The van der Waals surface area contributed by atoms with Gasteiger partial charge in [0.1, 0.15) is 0 Å². The monoisotopic (exact) mass is 181 g/mol. The summed E-state index contributed by atoms with van der Waals surface area (Å²) >= 11 is 5.73. The Hall–Kier alpha value is -1.15. The second kappa shape index (κ2) is 2.72. The van der Waals surface area contributed by atoms with E-state index in [0.29, 0.717) is 5.02 Å². The summed E-state index contributed by atoms with van der Waals surface area (Å²) in [6.45, 7) is 0. The smallest absolute Gasteiger partial charge is 0.213 e. The minimum absolute atomic E-state index is 0.482. The van der Waals surface area contributed by atoms with E-state index in [1.165, 1.54) is 12.3 Å². The Bertz CT molecular complexity index is 391. The van der Waals surface area contributed by atoms with E-state index in [1.54, 1.807) is 12.1 Å². The van der Waals surface area contributed by atoms with Crippen LogP contribution in [-0.2, 0) is 0 Å². The molecule has 0 saturated carbocycles. The molecule has 0 aliphatic rings. The molecule has 3 heteroatoms. The molecule has 1 heterocycles. The van der Waals surface area contributed by atoms with Gasteiger partial charge in [0.25, 0.3) is 0 Å². The molecule has 0 unspecified atom stereocenters. The van der Waals surface area contributed by atoms with Gasteiger partial charge in [-0.25, -0.2) is 4.98 Å². The number of hydrogen-bond donors (Lipinski definition) is 0. The SMILES string of the molecule is Fc1cc2cc(Cl)ccc2cn1. The average Bonchev–Trinajstić information content (AvgIpc) is 2.03. The molecule has 0 saturated heterocycles. The normalized spacial score (nSPS) is 10.5. The van der Waals surface area contributed by atoms with Gasteiger partial charge in [0.05, 0.1) is 0 Å². The third-order valence-corrected chi connectivity index (χ3v) is 1.89. The van der Waals surface area contributed by atoms with E-state index in [9.17, 15) is 4.39 Å². The second-order valence-electron chi connectivity index (χ2n) is 2.50. The number of rotatable bonds is 0. The third kappa shape index (κ3) is 1.25. The molecule has 0 amide bonds. The molecule has 0 bridgehead atoms. The Morgan fingerprint density at radius 3 is 2.83 bits per heavy atom. The largest absolute Gasteiger partial charge is 0.228 e. The number of pyridine rings is 1. The van der Waals surface area contributed by atoms with Gasteiger partial charge in [-0.05, 0) is 17.5 Å². The summed E-state index contributed by atoms with van der Waals surface area (Å²) in [6, 6.07) is 6.64. The van der Waals surface area contributed by atoms with Crippen LogP contribution >= 0.6 is 11.6 Å². The highest BCUT2D eigenvalue weighted by Gasteiger charge is 1.96. The van der Waals surface area contributed by atoms with Crippen LogP contribution in [0.3, 0.4) is 0 Å². The molecular formula is C9H5ClFN. The number of hydrogen-bond acceptors (Lipinski definition) is 1. The summed E-state index contributed by atoms with van der Waals surface area (Å²) in [5.74, 6) is -0.482. The van der Waals surface area contributed by atoms with Gasteiger partial charge in [-0.2, -0.15) is 4.39 Å². The number of halogens is 2. The van der Waals surface area contributed by atoms with E-state index in [2.05, 4.69) is 4.98 Å². The van der Waals surface area contributed by atoms with Crippen LogP contribution in [0.25, 0.3) is 10.8 Å². The first-order valence-corrected chi connectivity index (χ1v) is 3.84. The minimum atomic E-state index is -0.482. The van der Waals surface area contributed by atoms with Gasteiger partial charge in [-0.15, -0.1) is 0 Å². The first-order valence-electron chi connectivity index (χ1n) is 3.46. The van der Waals surface area contributed by atoms with Crippen LogP contribution in [0.15, 0.2) is 30.5 Å². The van der Waals surface area contributed by atoms with Crippen molar-refractivity contribution in [3.63, 3.8) is 0 Å². The van der Waals surface area contributed by atoms with Crippen molar-refractivity contribution < 1.29 is 4.39 Å². The van der Waals surface area contributed by atoms with E-state index in [-0.39, 0.29) is 0 Å². The summed E-state index contributed by atoms with van der Waals surface area (Å²) in [5, 5.41) is 2.27. The van der Waals surface area contributed by atoms with Gasteiger partial charge in [0.2, 0.25) is 5.95 Å². The summed E-state index contributed by atoms with van der Waals surface area (Å²) in [7, 11) is 0. The first kappa shape index (κ1) is 7.50. The van der Waals surface area contributed by atoms with E-state index in [4.69, 9.17) is 11.6 Å². The Kier molecular flexibility index (Phi) is 1.70. The van der Waals surface area contributed by atoms with Crippen LogP contribution in [0, 0.1) is 5.95 Å². The van der Waals surface area contributed by atoms with Crippen molar-refractivity contribution in [3.05, 3.63) is 41.4 Å². The highest BCUT2D eigenvalue weighted by atomic mass is 35.5. The molecule has 0 N–H and O–H groups in total. The highest BCUT2D eigenvalue weighted by molar-refractivity contribution is 6.31. The molecule has 1 nitrogen and oxygen atoms in total. The molecule has 0 aliphatic carbocycles. The molecule has 0 spiro atoms. The van der Waals surface area contributed by atoms with Gasteiger partial charge >= 0.3 is 0 Å². The third-order valence-electron chi connectivity index (χ3n) is 1.65. The highest BCUT2D eigenvalue weighted by Crippen LogP contribution is 2.18. The maximum absolute atomic E-state index is 12.6. The zero-order valence-corrected chi connectivity index (χ0v) is 6.85. The van der Waals surface area contributed by atoms with Crippen molar-refractivity contribution in [1.29, 1.82) is 0 Å². The van der Waals surface area contributed by atoms with Crippen molar-refractivity contribution in [2.24, 2.45) is 0 Å². The van der Waals surface area contributed by atoms with Crippen LogP contribution in [0.1, 0.15) is 0 Å². The quantitative estimate of drug-likeness (QED) is 0.570. The van der Waals surface area contributed by atoms with E-state index < -0.39 is 5.95 Å². The minimum Gasteiger partial charge on any atom is -0.228 e. The maximum atomic E-state index is 12.6. The predicted molar refractivity (Wildman–Crippen MR) is 46.7 cm³/mol. The molecular weight excluding hydrogens is 177 g/mol. The number of aromatic nitrogens is 1. The Morgan fingerprint density at radius 2 is 2.00 bits per heavy atom. The lowest BCUT2D eigenvalue weighted by Crippen LogP contribution is -1.81. The lowest BCUT2D eigenvalue weighted by atomic mass is 10.2. The fraction of sp³-hybridized carbons (Fsp3) is 0. The second-order valence-corrected chi connectivity index (χ2v) is 2.93. The number of fused-ring (bicyclic) bond motifs is 1. The van der Waals surface area contributed by atoms with Crippen LogP contribution in [0.2, 0.25) is 5.02 Å². The number of benzene rings is 1. The number of nitrogens with zero attached hydrogens (tertiary/aromatic N) is 1. The Labute approximate surface area is 73.8 Å². The van der Waals surface area contributed by atoms with Crippen molar-refractivity contribution in [3.8, 4) is 0 Å². The fourth-order valence-electron chi connectivity index (χ4n) is 1.08. The standard InChI is InChI=1S/C9H5ClFN/c10-8-2-1-6-5-12-9(11)4-7(6)3-8/h1-5H. The summed E-state index contributed by atoms with van der Waals surface area (Å²) in [5.41, 5.74) is 0. The molecule has 0 radical (unpaired) electrons. The molecule has 1 aromatic carbocycles. The first-order chi connectivity index (χ1) is 5.75. The lowest BCUT2D eigenvalue weighted by molar-refractivity contribution is 0.586. The maximum Gasteiger partial charge on any atom is 0.213 e. The summed E-state index contributed by atoms with van der Waals surface area (Å²) in [4.78, 5) is 3.53. The molecule has 0 fully saturated rings. The van der Waals surface area contributed by atoms with E-state index in [1.807, 2.05) is 6.07 Å². The lowest BCUT2D eigenvalue weighted by Gasteiger charge is -1.96. The summed E-state index contributed by atoms with van der Waals surface area (Å²) in [6.07, 6.45) is 1.49. The van der Waals surface area contributed by atoms with E-state index in [0.717, 1.165) is 10.8 Å². The van der Waals surface area contributed by atoms with Crippen molar-refractivity contribution >= 4 is 22.4 Å². The average molecular weight is 182 g/mol. The molecule has 0 atom stereocenters. The molecule has 0 aliphatic heterocycles. The van der Waals surface area contributed by atoms with Gasteiger partial charge in [-0.1, -0.05) is 17.7 Å². The predicted octanol–water partition coefficient (Wildman–Crippen LogP) is 3.03. The van der Waals surface area contributed by atoms with Crippen LogP contribution in [-0.4, -0.2) is 4.98 Å². The fourth-order valence-corrected chi connectivity index (χ4v) is 1.27. The molecule has 12 heavy (non-hydrogen) atoms. The van der Waals surface area contributed by atoms with Crippen LogP contribution in [0.5, 0.6) is 0 Å². The van der Waals surface area contributed by atoms with Gasteiger partial charge in [-0.3, -0.25) is 0 Å².